The second-order valence-electron chi connectivity index (χ2n) is 5.41. The zero-order valence-electron chi connectivity index (χ0n) is 10.9. The van der Waals surface area contributed by atoms with Crippen molar-refractivity contribution in [3.05, 3.63) is 35.9 Å². The summed E-state index contributed by atoms with van der Waals surface area (Å²) >= 11 is 0. The van der Waals surface area contributed by atoms with Crippen molar-refractivity contribution in [3.8, 4) is 11.3 Å². The third kappa shape index (κ3) is 2.33. The van der Waals surface area contributed by atoms with Crippen molar-refractivity contribution in [1.29, 1.82) is 0 Å². The van der Waals surface area contributed by atoms with E-state index in [1.807, 2.05) is 16.8 Å². The van der Waals surface area contributed by atoms with Crippen molar-refractivity contribution in [1.82, 2.24) is 9.78 Å². The molecule has 0 saturated carbocycles. The summed E-state index contributed by atoms with van der Waals surface area (Å²) in [4.78, 5) is 0. The van der Waals surface area contributed by atoms with E-state index in [9.17, 15) is 0 Å². The summed E-state index contributed by atoms with van der Waals surface area (Å²) in [6.45, 7) is 8.36. The second kappa shape index (κ2) is 3.91. The van der Waals surface area contributed by atoms with Gasteiger partial charge in [-0.3, -0.25) is 0 Å². The Morgan fingerprint density at radius 1 is 1.18 bits per heavy atom. The van der Waals surface area contributed by atoms with E-state index in [0.29, 0.717) is 5.82 Å². The van der Waals surface area contributed by atoms with E-state index in [4.69, 9.17) is 5.73 Å². The molecule has 0 saturated heterocycles. The zero-order valence-corrected chi connectivity index (χ0v) is 10.9. The Labute approximate surface area is 102 Å². The Bertz CT molecular complexity index is 533. The second-order valence-corrected chi connectivity index (χ2v) is 5.41. The van der Waals surface area contributed by atoms with Crippen LogP contribution in [0, 0.1) is 6.92 Å². The molecule has 0 aliphatic rings. The summed E-state index contributed by atoms with van der Waals surface area (Å²) in [5.41, 5.74) is 9.18. The highest BCUT2D eigenvalue weighted by molar-refractivity contribution is 5.63. The molecule has 0 bridgehead atoms. The molecule has 2 N–H and O–H groups in total. The maximum absolute atomic E-state index is 6.00. The van der Waals surface area contributed by atoms with E-state index in [1.165, 1.54) is 5.56 Å². The van der Waals surface area contributed by atoms with Crippen molar-refractivity contribution in [2.75, 3.05) is 5.73 Å². The van der Waals surface area contributed by atoms with Gasteiger partial charge in [0.25, 0.3) is 0 Å². The van der Waals surface area contributed by atoms with Crippen LogP contribution in [0.1, 0.15) is 26.3 Å². The summed E-state index contributed by atoms with van der Waals surface area (Å²) < 4.78 is 1.87. The molecule has 1 aromatic heterocycles. The number of hydrogen-bond donors (Lipinski definition) is 1. The highest BCUT2D eigenvalue weighted by Gasteiger charge is 2.18. The van der Waals surface area contributed by atoms with Gasteiger partial charge in [-0.1, -0.05) is 23.8 Å². The number of hydrogen-bond acceptors (Lipinski definition) is 2. The van der Waals surface area contributed by atoms with Crippen LogP contribution in [0.4, 0.5) is 5.82 Å². The van der Waals surface area contributed by atoms with E-state index in [2.05, 4.69) is 51.0 Å². The predicted octanol–water partition coefficient (Wildman–Crippen LogP) is 3.20. The van der Waals surface area contributed by atoms with E-state index in [-0.39, 0.29) is 5.54 Å². The van der Waals surface area contributed by atoms with Gasteiger partial charge in [-0.2, -0.15) is 5.10 Å². The van der Waals surface area contributed by atoms with Gasteiger partial charge >= 0.3 is 0 Å². The van der Waals surface area contributed by atoms with Crippen LogP contribution in [0.3, 0.4) is 0 Å². The molecule has 0 unspecified atom stereocenters. The molecule has 0 amide bonds. The van der Waals surface area contributed by atoms with Gasteiger partial charge in [0.2, 0.25) is 0 Å². The van der Waals surface area contributed by atoms with Gasteiger partial charge in [0.15, 0.2) is 0 Å². The van der Waals surface area contributed by atoms with Crippen molar-refractivity contribution in [3.63, 3.8) is 0 Å². The van der Waals surface area contributed by atoms with Crippen molar-refractivity contribution in [2.24, 2.45) is 0 Å². The smallest absolute Gasteiger partial charge is 0.122 e. The average molecular weight is 229 g/mol. The maximum atomic E-state index is 6.00. The quantitative estimate of drug-likeness (QED) is 0.816. The molecule has 0 aliphatic heterocycles. The summed E-state index contributed by atoms with van der Waals surface area (Å²) in [6.07, 6.45) is 0. The third-order valence-corrected chi connectivity index (χ3v) is 2.69. The summed E-state index contributed by atoms with van der Waals surface area (Å²) in [5.74, 6) is 0.703. The lowest BCUT2D eigenvalue weighted by atomic mass is 10.1. The van der Waals surface area contributed by atoms with Crippen molar-refractivity contribution < 1.29 is 0 Å². The molecule has 0 spiro atoms. The minimum absolute atomic E-state index is 0.0911. The van der Waals surface area contributed by atoms with Crippen LogP contribution >= 0.6 is 0 Å². The highest BCUT2D eigenvalue weighted by atomic mass is 15.3. The van der Waals surface area contributed by atoms with Gasteiger partial charge in [-0.05, 0) is 33.8 Å². The van der Waals surface area contributed by atoms with Gasteiger partial charge in [0, 0.05) is 11.6 Å². The summed E-state index contributed by atoms with van der Waals surface area (Å²) in [7, 11) is 0. The van der Waals surface area contributed by atoms with Gasteiger partial charge in [-0.25, -0.2) is 4.68 Å². The van der Waals surface area contributed by atoms with Crippen LogP contribution in [-0.2, 0) is 5.54 Å². The Morgan fingerprint density at radius 2 is 1.88 bits per heavy atom. The van der Waals surface area contributed by atoms with Crippen molar-refractivity contribution in [2.45, 2.75) is 33.2 Å². The van der Waals surface area contributed by atoms with Crippen molar-refractivity contribution >= 4 is 5.82 Å². The van der Waals surface area contributed by atoms with Gasteiger partial charge in [0.1, 0.15) is 5.82 Å². The number of rotatable bonds is 1. The van der Waals surface area contributed by atoms with Gasteiger partial charge < -0.3 is 5.73 Å². The lowest BCUT2D eigenvalue weighted by Gasteiger charge is -2.20. The van der Waals surface area contributed by atoms with Crippen LogP contribution in [0.2, 0.25) is 0 Å². The minimum atomic E-state index is -0.0911. The van der Waals surface area contributed by atoms with E-state index in [0.717, 1.165) is 11.3 Å². The van der Waals surface area contributed by atoms with E-state index < -0.39 is 0 Å². The molecule has 3 nitrogen and oxygen atoms in total. The number of nitrogens with zero attached hydrogens (tertiary/aromatic N) is 2. The molecular formula is C14H19N3. The Morgan fingerprint density at radius 3 is 2.41 bits per heavy atom. The standard InChI is InChI=1S/C14H19N3/c1-10-6-5-7-11(8-10)12-9-13(15)17(16-12)14(2,3)4/h5-9H,15H2,1-4H3. The number of benzene rings is 1. The number of aryl methyl sites for hydroxylation is 1. The fourth-order valence-corrected chi connectivity index (χ4v) is 1.88. The molecule has 0 aliphatic carbocycles. The van der Waals surface area contributed by atoms with E-state index in [1.54, 1.807) is 0 Å². The molecule has 3 heteroatoms. The summed E-state index contributed by atoms with van der Waals surface area (Å²) in [5, 5.41) is 4.58. The molecule has 90 valence electrons. The average Bonchev–Trinajstić information content (AvgIpc) is 2.60. The molecule has 0 atom stereocenters. The first-order valence-corrected chi connectivity index (χ1v) is 5.81. The lowest BCUT2D eigenvalue weighted by Crippen LogP contribution is -2.24. The first-order chi connectivity index (χ1) is 7.88. The third-order valence-electron chi connectivity index (χ3n) is 2.69. The highest BCUT2D eigenvalue weighted by Crippen LogP contribution is 2.25. The number of aromatic nitrogens is 2. The molecular weight excluding hydrogens is 210 g/mol. The Hall–Kier alpha value is -1.77. The first-order valence-electron chi connectivity index (χ1n) is 5.81. The number of nitrogens with two attached hydrogens (primary N) is 1. The monoisotopic (exact) mass is 229 g/mol. The number of anilines is 1. The molecule has 1 heterocycles. The van der Waals surface area contributed by atoms with Crippen LogP contribution in [0.5, 0.6) is 0 Å². The van der Waals surface area contributed by atoms with Crippen LogP contribution in [0.25, 0.3) is 11.3 Å². The Balaban J connectivity index is 2.49. The fourth-order valence-electron chi connectivity index (χ4n) is 1.88. The van der Waals surface area contributed by atoms with Crippen LogP contribution in [0.15, 0.2) is 30.3 Å². The molecule has 2 rings (SSSR count). The first kappa shape index (κ1) is 11.7. The largest absolute Gasteiger partial charge is 0.384 e. The predicted molar refractivity (Wildman–Crippen MR) is 71.8 cm³/mol. The minimum Gasteiger partial charge on any atom is -0.384 e. The van der Waals surface area contributed by atoms with Gasteiger partial charge in [0.05, 0.1) is 11.2 Å². The summed E-state index contributed by atoms with van der Waals surface area (Å²) in [6, 6.07) is 10.2. The molecule has 0 fully saturated rings. The van der Waals surface area contributed by atoms with Crippen LogP contribution < -0.4 is 5.73 Å². The maximum Gasteiger partial charge on any atom is 0.122 e. The fraction of sp³-hybridized carbons (Fsp3) is 0.357. The molecule has 2 aromatic rings. The Kier molecular flexibility index (Phi) is 2.69. The topological polar surface area (TPSA) is 43.8 Å². The SMILES string of the molecule is Cc1cccc(-c2cc(N)n(C(C)(C)C)n2)c1. The van der Waals surface area contributed by atoms with Gasteiger partial charge in [-0.15, -0.1) is 0 Å². The number of nitrogen functional groups attached to an aromatic ring is 1. The zero-order chi connectivity index (χ0) is 12.6. The molecule has 17 heavy (non-hydrogen) atoms. The van der Waals surface area contributed by atoms with E-state index >= 15 is 0 Å². The normalized spacial score (nSPS) is 11.8. The molecule has 0 radical (unpaired) electrons. The lowest BCUT2D eigenvalue weighted by molar-refractivity contribution is 0.362. The van der Waals surface area contributed by atoms with Crippen LogP contribution in [-0.4, -0.2) is 9.78 Å². The molecule has 1 aromatic carbocycles.